The first-order chi connectivity index (χ1) is 9.26. The van der Waals surface area contributed by atoms with Crippen LogP contribution >= 0.6 is 47.8 Å². The zero-order valence-electron chi connectivity index (χ0n) is 10.8. The van der Waals surface area contributed by atoms with E-state index >= 15 is 0 Å². The van der Waals surface area contributed by atoms with Gasteiger partial charge in [-0.1, -0.05) is 47.8 Å². The molecule has 110 valence electrons. The summed E-state index contributed by atoms with van der Waals surface area (Å²) < 4.78 is 28.1. The summed E-state index contributed by atoms with van der Waals surface area (Å²) in [5, 5.41) is 0. The fraction of sp³-hybridized carbons (Fsp3) is 0.538. The minimum atomic E-state index is -3.40. The van der Waals surface area contributed by atoms with E-state index in [0.717, 1.165) is 17.3 Å². The topological polar surface area (TPSA) is 37.1 Å². The van der Waals surface area contributed by atoms with Crippen LogP contribution in [-0.2, 0) is 10.0 Å². The number of hydrogen-bond acceptors (Lipinski definition) is 2. The minimum absolute atomic E-state index is 0.106. The number of hydrogen-bond donors (Lipinski definition) is 0. The van der Waals surface area contributed by atoms with Gasteiger partial charge in [-0.05, 0) is 44.0 Å². The number of rotatable bonds is 2. The van der Waals surface area contributed by atoms with Gasteiger partial charge in [0.2, 0.25) is 10.0 Å². The first-order valence-electron chi connectivity index (χ1n) is 6.35. The van der Waals surface area contributed by atoms with E-state index < -0.39 is 10.0 Å². The highest BCUT2D eigenvalue weighted by Crippen LogP contribution is 2.56. The van der Waals surface area contributed by atoms with Crippen molar-refractivity contribution in [2.24, 2.45) is 0 Å². The predicted molar refractivity (Wildman–Crippen MR) is 90.0 cm³/mol. The Bertz CT molecular complexity index is 634. The Hall–Kier alpha value is 0.570. The first kappa shape index (κ1) is 15.5. The van der Waals surface area contributed by atoms with Gasteiger partial charge >= 0.3 is 0 Å². The average Bonchev–Trinajstić information content (AvgIpc) is 2.95. The molecule has 7 heteroatoms. The fourth-order valence-electron chi connectivity index (χ4n) is 3.09. The lowest BCUT2D eigenvalue weighted by molar-refractivity contribution is 0.480. The van der Waals surface area contributed by atoms with Gasteiger partial charge in [0.1, 0.15) is 0 Å². The van der Waals surface area contributed by atoms with Crippen molar-refractivity contribution in [3.8, 4) is 0 Å². The summed E-state index contributed by atoms with van der Waals surface area (Å²) in [6.45, 7) is 2.04. The van der Waals surface area contributed by atoms with Crippen molar-refractivity contribution in [2.45, 2.75) is 45.9 Å². The van der Waals surface area contributed by atoms with Crippen LogP contribution in [0.5, 0.6) is 0 Å². The van der Waals surface area contributed by atoms with Crippen LogP contribution in [0.3, 0.4) is 0 Å². The molecule has 1 aliphatic heterocycles. The monoisotopic (exact) mass is 485 g/mol. The molecule has 1 saturated heterocycles. The largest absolute Gasteiger partial charge is 0.243 e. The summed E-state index contributed by atoms with van der Waals surface area (Å²) in [7, 11) is -3.40. The zero-order valence-corrected chi connectivity index (χ0v) is 16.3. The van der Waals surface area contributed by atoms with E-state index in [2.05, 4.69) is 47.8 Å². The minimum Gasteiger partial charge on any atom is -0.207 e. The maximum absolute atomic E-state index is 12.8. The smallest absolute Gasteiger partial charge is 0.207 e. The maximum atomic E-state index is 12.8. The van der Waals surface area contributed by atoms with Crippen molar-refractivity contribution in [3.05, 3.63) is 28.7 Å². The third-order valence-electron chi connectivity index (χ3n) is 4.26. The molecule has 3 nitrogen and oxygen atoms in total. The second kappa shape index (κ2) is 5.05. The maximum Gasteiger partial charge on any atom is 0.243 e. The number of halogens is 3. The zero-order chi connectivity index (χ0) is 14.7. The molecule has 0 aromatic heterocycles. The van der Waals surface area contributed by atoms with E-state index in [1.807, 2.05) is 6.92 Å². The van der Waals surface area contributed by atoms with Crippen LogP contribution in [0.15, 0.2) is 33.6 Å². The van der Waals surface area contributed by atoms with Crippen molar-refractivity contribution < 1.29 is 8.42 Å². The van der Waals surface area contributed by atoms with E-state index in [1.54, 1.807) is 28.6 Å². The van der Waals surface area contributed by atoms with Gasteiger partial charge in [-0.3, -0.25) is 0 Å². The molecule has 0 bridgehead atoms. The summed E-state index contributed by atoms with van der Waals surface area (Å²) in [5.74, 6) is 0. The molecule has 1 heterocycles. The van der Waals surface area contributed by atoms with Crippen molar-refractivity contribution in [3.63, 3.8) is 0 Å². The Morgan fingerprint density at radius 3 is 2.35 bits per heavy atom. The van der Waals surface area contributed by atoms with Gasteiger partial charge in [-0.15, -0.1) is 0 Å². The molecule has 0 N–H and O–H groups in total. The number of fused-ring (bicyclic) bond motifs is 1. The number of nitrogens with zero attached hydrogens (tertiary/aromatic N) is 1. The lowest BCUT2D eigenvalue weighted by atomic mass is 9.91. The van der Waals surface area contributed by atoms with Crippen molar-refractivity contribution in [2.75, 3.05) is 0 Å². The highest BCUT2D eigenvalue weighted by molar-refractivity contribution is 9.12. The summed E-state index contributed by atoms with van der Waals surface area (Å²) in [6, 6.07) is 6.95. The quantitative estimate of drug-likeness (QED) is 0.468. The standard InChI is InChI=1S/C13H14Br3NO2S/c1-13-7-11(16)10(15)6-12(13)17(13)20(18,19)9-4-2-8(14)3-5-9/h2-5,10-12H,6-7H2,1H3/t10-,11-,12+,13+,17?/m0/s1. The number of sulfonamides is 1. The third-order valence-corrected chi connectivity index (χ3v) is 9.53. The highest BCUT2D eigenvalue weighted by Gasteiger charge is 2.68. The van der Waals surface area contributed by atoms with Crippen LogP contribution in [0.25, 0.3) is 0 Å². The Labute approximate surface area is 144 Å². The SMILES string of the molecule is C[C@@]12C[C@H](Br)[C@@H](Br)C[C@H]1N2S(=O)(=O)c1ccc(Br)cc1. The van der Waals surface area contributed by atoms with Gasteiger partial charge in [-0.2, -0.15) is 4.31 Å². The summed E-state index contributed by atoms with van der Waals surface area (Å²) in [4.78, 5) is 1.01. The first-order valence-corrected chi connectivity index (χ1v) is 10.4. The molecule has 2 fully saturated rings. The Balaban J connectivity index is 1.93. The van der Waals surface area contributed by atoms with Crippen molar-refractivity contribution in [1.82, 2.24) is 4.31 Å². The van der Waals surface area contributed by atoms with Gasteiger partial charge in [0, 0.05) is 20.2 Å². The molecule has 0 spiro atoms. The fourth-order valence-corrected chi connectivity index (χ4v) is 6.82. The Morgan fingerprint density at radius 2 is 1.80 bits per heavy atom. The summed E-state index contributed by atoms with van der Waals surface area (Å²) in [5.41, 5.74) is -0.246. The van der Waals surface area contributed by atoms with E-state index in [4.69, 9.17) is 0 Å². The summed E-state index contributed by atoms with van der Waals surface area (Å²) >= 11 is 10.6. The van der Waals surface area contributed by atoms with Crippen LogP contribution in [0, 0.1) is 0 Å². The van der Waals surface area contributed by atoms with Crippen LogP contribution < -0.4 is 0 Å². The molecule has 5 atom stereocenters. The predicted octanol–water partition coefficient (Wildman–Crippen LogP) is 3.90. The molecular formula is C13H14Br3NO2S. The lowest BCUT2D eigenvalue weighted by Crippen LogP contribution is -2.31. The number of alkyl halides is 2. The molecule has 1 aromatic rings. The molecule has 1 aromatic carbocycles. The Kier molecular flexibility index (Phi) is 3.90. The summed E-state index contributed by atoms with van der Waals surface area (Å²) in [6.07, 6.45) is 1.69. The average molecular weight is 488 g/mol. The van der Waals surface area contributed by atoms with Gasteiger partial charge < -0.3 is 0 Å². The van der Waals surface area contributed by atoms with Crippen LogP contribution in [0.2, 0.25) is 0 Å². The molecule has 0 radical (unpaired) electrons. The van der Waals surface area contributed by atoms with Gasteiger partial charge in [0.05, 0.1) is 10.4 Å². The second-order valence-electron chi connectivity index (χ2n) is 5.60. The molecule has 20 heavy (non-hydrogen) atoms. The molecular weight excluding hydrogens is 474 g/mol. The van der Waals surface area contributed by atoms with Gasteiger partial charge in [0.15, 0.2) is 0 Å². The van der Waals surface area contributed by atoms with E-state index in [0.29, 0.717) is 14.5 Å². The van der Waals surface area contributed by atoms with Crippen LogP contribution in [0.1, 0.15) is 19.8 Å². The van der Waals surface area contributed by atoms with Crippen molar-refractivity contribution >= 4 is 57.8 Å². The third kappa shape index (κ3) is 2.33. The molecule has 2 aliphatic rings. The van der Waals surface area contributed by atoms with Crippen LogP contribution in [0.4, 0.5) is 0 Å². The number of benzene rings is 1. The van der Waals surface area contributed by atoms with Crippen molar-refractivity contribution in [1.29, 1.82) is 0 Å². The molecule has 0 amide bonds. The van der Waals surface area contributed by atoms with Crippen LogP contribution in [-0.4, -0.2) is 34.0 Å². The Morgan fingerprint density at radius 1 is 1.20 bits per heavy atom. The second-order valence-corrected chi connectivity index (χ2v) is 10.7. The normalized spacial score (nSPS) is 40.2. The van der Waals surface area contributed by atoms with E-state index in [9.17, 15) is 8.42 Å². The molecule has 1 saturated carbocycles. The van der Waals surface area contributed by atoms with E-state index in [-0.39, 0.29) is 11.6 Å². The molecule has 3 rings (SSSR count). The highest BCUT2D eigenvalue weighted by atomic mass is 79.9. The van der Waals surface area contributed by atoms with Gasteiger partial charge in [0.25, 0.3) is 0 Å². The van der Waals surface area contributed by atoms with E-state index in [1.165, 1.54) is 0 Å². The molecule has 1 aliphatic carbocycles. The lowest BCUT2D eigenvalue weighted by Gasteiger charge is -2.24. The molecule has 1 unspecified atom stereocenters. The van der Waals surface area contributed by atoms with Gasteiger partial charge in [-0.25, -0.2) is 8.42 Å².